The van der Waals surface area contributed by atoms with E-state index in [4.69, 9.17) is 16.7 Å². The van der Waals surface area contributed by atoms with Gasteiger partial charge in [-0.15, -0.1) is 0 Å². The molecule has 0 amide bonds. The Hall–Kier alpha value is -0.570. The van der Waals surface area contributed by atoms with E-state index in [2.05, 4.69) is 17.4 Å². The van der Waals surface area contributed by atoms with Crippen molar-refractivity contribution in [1.29, 1.82) is 0 Å². The van der Waals surface area contributed by atoms with Gasteiger partial charge in [-0.2, -0.15) is 0 Å². The van der Waals surface area contributed by atoms with E-state index < -0.39 is 0 Å². The highest BCUT2D eigenvalue weighted by Crippen LogP contribution is 2.20. The standard InChI is InChI=1S/C12H16ClNO/c13-11-3-1-9(2-4-11)5-10-6-12(8-15)14-7-10/h1-4,10,12,14-15H,5-8H2. The third-order valence-electron chi connectivity index (χ3n) is 2.97. The zero-order chi connectivity index (χ0) is 10.7. The van der Waals surface area contributed by atoms with Crippen LogP contribution in [0.15, 0.2) is 24.3 Å². The fourth-order valence-corrected chi connectivity index (χ4v) is 2.28. The minimum atomic E-state index is 0.247. The summed E-state index contributed by atoms with van der Waals surface area (Å²) in [6, 6.07) is 8.32. The average Bonchev–Trinajstić information content (AvgIpc) is 2.69. The Morgan fingerprint density at radius 1 is 1.33 bits per heavy atom. The first-order chi connectivity index (χ1) is 7.28. The van der Waals surface area contributed by atoms with Crippen LogP contribution in [0.4, 0.5) is 0 Å². The second-order valence-electron chi connectivity index (χ2n) is 4.22. The van der Waals surface area contributed by atoms with Gasteiger partial charge in [-0.3, -0.25) is 0 Å². The summed E-state index contributed by atoms with van der Waals surface area (Å²) in [5.41, 5.74) is 1.32. The molecule has 0 radical (unpaired) electrons. The lowest BCUT2D eigenvalue weighted by molar-refractivity contribution is 0.253. The van der Waals surface area contributed by atoms with Gasteiger partial charge in [0.05, 0.1) is 6.61 Å². The Morgan fingerprint density at radius 2 is 2.07 bits per heavy atom. The third-order valence-corrected chi connectivity index (χ3v) is 3.22. The highest BCUT2D eigenvalue weighted by atomic mass is 35.5. The summed E-state index contributed by atoms with van der Waals surface area (Å²) in [5, 5.41) is 13.1. The topological polar surface area (TPSA) is 32.3 Å². The van der Waals surface area contributed by atoms with Gasteiger partial charge in [-0.1, -0.05) is 23.7 Å². The van der Waals surface area contributed by atoms with Crippen molar-refractivity contribution in [3.8, 4) is 0 Å². The zero-order valence-corrected chi connectivity index (χ0v) is 9.37. The van der Waals surface area contributed by atoms with Crippen molar-refractivity contribution in [2.75, 3.05) is 13.2 Å². The van der Waals surface area contributed by atoms with E-state index in [1.807, 2.05) is 12.1 Å². The molecule has 3 heteroatoms. The summed E-state index contributed by atoms with van der Waals surface area (Å²) >= 11 is 5.83. The van der Waals surface area contributed by atoms with E-state index in [0.717, 1.165) is 24.4 Å². The van der Waals surface area contributed by atoms with E-state index in [0.29, 0.717) is 12.0 Å². The molecule has 2 rings (SSSR count). The van der Waals surface area contributed by atoms with Crippen LogP contribution >= 0.6 is 11.6 Å². The Kier molecular flexibility index (Phi) is 3.62. The number of nitrogens with one attached hydrogen (secondary N) is 1. The fraction of sp³-hybridized carbons (Fsp3) is 0.500. The second-order valence-corrected chi connectivity index (χ2v) is 4.66. The van der Waals surface area contributed by atoms with E-state index >= 15 is 0 Å². The number of benzene rings is 1. The largest absolute Gasteiger partial charge is 0.395 e. The predicted octanol–water partition coefficient (Wildman–Crippen LogP) is 1.85. The van der Waals surface area contributed by atoms with Crippen LogP contribution in [0.1, 0.15) is 12.0 Å². The van der Waals surface area contributed by atoms with Crippen LogP contribution in [0.5, 0.6) is 0 Å². The fourth-order valence-electron chi connectivity index (χ4n) is 2.15. The molecule has 1 aliphatic rings. The van der Waals surface area contributed by atoms with Crippen molar-refractivity contribution in [2.45, 2.75) is 18.9 Å². The Labute approximate surface area is 95.3 Å². The van der Waals surface area contributed by atoms with Crippen molar-refractivity contribution >= 4 is 11.6 Å². The highest BCUT2D eigenvalue weighted by Gasteiger charge is 2.23. The van der Waals surface area contributed by atoms with Crippen LogP contribution in [-0.4, -0.2) is 24.3 Å². The van der Waals surface area contributed by atoms with Gasteiger partial charge in [-0.05, 0) is 43.0 Å². The maximum Gasteiger partial charge on any atom is 0.0584 e. The normalized spacial score (nSPS) is 25.7. The number of halogens is 1. The minimum absolute atomic E-state index is 0.247. The van der Waals surface area contributed by atoms with Crippen molar-refractivity contribution in [1.82, 2.24) is 5.32 Å². The van der Waals surface area contributed by atoms with Crippen molar-refractivity contribution in [3.05, 3.63) is 34.9 Å². The summed E-state index contributed by atoms with van der Waals surface area (Å²) in [5.74, 6) is 0.642. The van der Waals surface area contributed by atoms with E-state index in [9.17, 15) is 0 Å². The summed E-state index contributed by atoms with van der Waals surface area (Å²) in [6.45, 7) is 1.25. The summed E-state index contributed by atoms with van der Waals surface area (Å²) < 4.78 is 0. The summed E-state index contributed by atoms with van der Waals surface area (Å²) in [6.07, 6.45) is 2.14. The van der Waals surface area contributed by atoms with Gasteiger partial charge in [0.2, 0.25) is 0 Å². The average molecular weight is 226 g/mol. The molecule has 0 spiro atoms. The van der Waals surface area contributed by atoms with Gasteiger partial charge in [-0.25, -0.2) is 0 Å². The van der Waals surface area contributed by atoms with E-state index in [1.54, 1.807) is 0 Å². The first-order valence-electron chi connectivity index (χ1n) is 5.36. The molecule has 2 atom stereocenters. The molecule has 2 nitrogen and oxygen atoms in total. The van der Waals surface area contributed by atoms with Crippen LogP contribution in [0, 0.1) is 5.92 Å². The predicted molar refractivity (Wildman–Crippen MR) is 62.1 cm³/mol. The molecule has 1 heterocycles. The van der Waals surface area contributed by atoms with Crippen LogP contribution < -0.4 is 5.32 Å². The Balaban J connectivity index is 1.90. The third kappa shape index (κ3) is 2.94. The molecule has 1 aromatic carbocycles. The van der Waals surface area contributed by atoms with E-state index in [-0.39, 0.29) is 6.61 Å². The van der Waals surface area contributed by atoms with Crippen molar-refractivity contribution < 1.29 is 5.11 Å². The van der Waals surface area contributed by atoms with Gasteiger partial charge < -0.3 is 10.4 Å². The molecule has 0 saturated carbocycles. The summed E-state index contributed by atoms with van der Waals surface area (Å²) in [4.78, 5) is 0. The molecule has 1 aliphatic heterocycles. The molecule has 0 aromatic heterocycles. The first kappa shape index (κ1) is 10.9. The van der Waals surface area contributed by atoms with Crippen LogP contribution in [0.3, 0.4) is 0 Å². The van der Waals surface area contributed by atoms with Gasteiger partial charge in [0.15, 0.2) is 0 Å². The molecule has 2 unspecified atom stereocenters. The lowest BCUT2D eigenvalue weighted by atomic mass is 9.97. The van der Waals surface area contributed by atoms with Gasteiger partial charge in [0.25, 0.3) is 0 Å². The maximum atomic E-state index is 9.01. The molecule has 15 heavy (non-hydrogen) atoms. The molecule has 1 aromatic rings. The van der Waals surface area contributed by atoms with Gasteiger partial charge in [0, 0.05) is 11.1 Å². The molecule has 0 bridgehead atoms. The van der Waals surface area contributed by atoms with Crippen molar-refractivity contribution in [2.24, 2.45) is 5.92 Å². The smallest absolute Gasteiger partial charge is 0.0584 e. The summed E-state index contributed by atoms with van der Waals surface area (Å²) in [7, 11) is 0. The molecule has 82 valence electrons. The second kappa shape index (κ2) is 4.97. The number of aliphatic hydroxyl groups is 1. The number of hydrogen-bond donors (Lipinski definition) is 2. The van der Waals surface area contributed by atoms with E-state index in [1.165, 1.54) is 5.56 Å². The quantitative estimate of drug-likeness (QED) is 0.823. The van der Waals surface area contributed by atoms with Gasteiger partial charge >= 0.3 is 0 Å². The van der Waals surface area contributed by atoms with Crippen LogP contribution in [0.2, 0.25) is 5.02 Å². The number of hydrogen-bond acceptors (Lipinski definition) is 2. The lowest BCUT2D eigenvalue weighted by Crippen LogP contribution is -2.24. The van der Waals surface area contributed by atoms with Crippen LogP contribution in [0.25, 0.3) is 0 Å². The minimum Gasteiger partial charge on any atom is -0.395 e. The first-order valence-corrected chi connectivity index (χ1v) is 5.74. The van der Waals surface area contributed by atoms with Gasteiger partial charge in [0.1, 0.15) is 0 Å². The highest BCUT2D eigenvalue weighted by molar-refractivity contribution is 6.30. The SMILES string of the molecule is OCC1CC(Cc2ccc(Cl)cc2)CN1. The Morgan fingerprint density at radius 3 is 2.67 bits per heavy atom. The molecule has 2 N–H and O–H groups in total. The molecular formula is C12H16ClNO. The van der Waals surface area contributed by atoms with Crippen LogP contribution in [-0.2, 0) is 6.42 Å². The molecule has 1 saturated heterocycles. The monoisotopic (exact) mass is 225 g/mol. The molecule has 1 fully saturated rings. The Bertz CT molecular complexity index is 312. The van der Waals surface area contributed by atoms with Crippen molar-refractivity contribution in [3.63, 3.8) is 0 Å². The lowest BCUT2D eigenvalue weighted by Gasteiger charge is -2.08. The zero-order valence-electron chi connectivity index (χ0n) is 8.62. The molecular weight excluding hydrogens is 210 g/mol. The number of aliphatic hydroxyl groups excluding tert-OH is 1. The maximum absolute atomic E-state index is 9.01. The number of rotatable bonds is 3. The molecule has 0 aliphatic carbocycles.